The van der Waals surface area contributed by atoms with Gasteiger partial charge in [-0.25, -0.2) is 9.89 Å². The Hall–Kier alpha value is -2.74. The number of aromatic nitrogens is 2. The van der Waals surface area contributed by atoms with Crippen LogP contribution in [0.25, 0.3) is 0 Å². The molecule has 2 heterocycles. The fraction of sp³-hybridized carbons (Fsp3) is 0.565. The summed E-state index contributed by atoms with van der Waals surface area (Å²) in [5, 5.41) is 8.65. The number of benzene rings is 1. The summed E-state index contributed by atoms with van der Waals surface area (Å²) in [5.41, 5.74) is 1.30. The van der Waals surface area contributed by atoms with Crippen molar-refractivity contribution in [3.05, 3.63) is 52.3 Å². The Labute approximate surface area is 182 Å². The van der Waals surface area contributed by atoms with E-state index in [0.29, 0.717) is 6.42 Å². The third kappa shape index (κ3) is 6.62. The number of H-pyrrole nitrogens is 1. The van der Waals surface area contributed by atoms with Gasteiger partial charge in [-0.3, -0.25) is 14.5 Å². The smallest absolute Gasteiger partial charge is 0.384 e. The first-order valence-electron chi connectivity index (χ1n) is 11.1. The van der Waals surface area contributed by atoms with Crippen LogP contribution in [0.2, 0.25) is 0 Å². The molecule has 2 N–H and O–H groups in total. The third-order valence-electron chi connectivity index (χ3n) is 5.66. The molecule has 1 amide bonds. The largest absolute Gasteiger partial charge is 0.434 e. The van der Waals surface area contributed by atoms with E-state index >= 15 is 0 Å². The average Bonchev–Trinajstić information content (AvgIpc) is 3.20. The molecule has 31 heavy (non-hydrogen) atoms. The van der Waals surface area contributed by atoms with Crippen LogP contribution in [0.5, 0.6) is 0 Å². The zero-order chi connectivity index (χ0) is 22.2. The number of hydrogen-bond acceptors (Lipinski definition) is 6. The maximum Gasteiger partial charge on any atom is 0.434 e. The standard InChI is InChI=1S/C23H32N4O4/c1-16(2)15-18(20(28)22-25-26-23(30)31-22)24-21(29)19-12-6-7-13-27(19)14-8-11-17-9-4-3-5-10-17/h3-5,9-10,16,18-19H,6-8,11-15H2,1-2H3,(H,24,29)(H,26,30)/t18-,19-/m0/s1. The summed E-state index contributed by atoms with van der Waals surface area (Å²) >= 11 is 0. The minimum absolute atomic E-state index is 0.142. The van der Waals surface area contributed by atoms with Crippen LogP contribution in [0, 0.1) is 5.92 Å². The molecule has 0 saturated carbocycles. The Morgan fingerprint density at radius 2 is 2.03 bits per heavy atom. The Balaban J connectivity index is 1.62. The highest BCUT2D eigenvalue weighted by Gasteiger charge is 2.33. The summed E-state index contributed by atoms with van der Waals surface area (Å²) in [6, 6.07) is 9.31. The molecule has 8 nitrogen and oxygen atoms in total. The van der Waals surface area contributed by atoms with Gasteiger partial charge < -0.3 is 9.73 Å². The van der Waals surface area contributed by atoms with Gasteiger partial charge in [0, 0.05) is 0 Å². The molecule has 168 valence electrons. The highest BCUT2D eigenvalue weighted by molar-refractivity contribution is 5.98. The number of nitrogens with one attached hydrogen (secondary N) is 2. The second-order valence-electron chi connectivity index (χ2n) is 8.61. The number of piperidine rings is 1. The van der Waals surface area contributed by atoms with E-state index in [4.69, 9.17) is 4.42 Å². The van der Waals surface area contributed by atoms with E-state index in [9.17, 15) is 14.4 Å². The first-order chi connectivity index (χ1) is 14.9. The lowest BCUT2D eigenvalue weighted by Crippen LogP contribution is -2.53. The molecule has 0 aliphatic carbocycles. The maximum atomic E-state index is 13.1. The molecule has 1 aliphatic rings. The van der Waals surface area contributed by atoms with Crippen molar-refractivity contribution >= 4 is 11.7 Å². The fourth-order valence-electron chi connectivity index (χ4n) is 4.14. The number of nitrogens with zero attached hydrogens (tertiary/aromatic N) is 2. The number of likely N-dealkylation sites (tertiary alicyclic amines) is 1. The normalized spacial score (nSPS) is 18.1. The van der Waals surface area contributed by atoms with Crippen LogP contribution >= 0.6 is 0 Å². The van der Waals surface area contributed by atoms with Crippen molar-refractivity contribution in [1.82, 2.24) is 20.4 Å². The Morgan fingerprint density at radius 3 is 2.71 bits per heavy atom. The van der Waals surface area contributed by atoms with Crippen LogP contribution in [-0.2, 0) is 11.2 Å². The Kier molecular flexibility index (Phi) is 8.17. The summed E-state index contributed by atoms with van der Waals surface area (Å²) < 4.78 is 4.82. The zero-order valence-electron chi connectivity index (χ0n) is 18.3. The molecule has 0 bridgehead atoms. The monoisotopic (exact) mass is 428 g/mol. The molecule has 1 fully saturated rings. The highest BCUT2D eigenvalue weighted by atomic mass is 16.4. The van der Waals surface area contributed by atoms with Gasteiger partial charge in [-0.1, -0.05) is 50.6 Å². The quantitative estimate of drug-likeness (QED) is 0.563. The van der Waals surface area contributed by atoms with Gasteiger partial charge in [-0.05, 0) is 56.7 Å². The van der Waals surface area contributed by atoms with Crippen molar-refractivity contribution in [3.63, 3.8) is 0 Å². The molecule has 1 saturated heterocycles. The van der Waals surface area contributed by atoms with Crippen molar-refractivity contribution in [2.75, 3.05) is 13.1 Å². The minimum Gasteiger partial charge on any atom is -0.384 e. The molecular weight excluding hydrogens is 396 g/mol. The summed E-state index contributed by atoms with van der Waals surface area (Å²) in [7, 11) is 0. The van der Waals surface area contributed by atoms with Gasteiger partial charge in [0.1, 0.15) is 0 Å². The van der Waals surface area contributed by atoms with E-state index < -0.39 is 17.6 Å². The van der Waals surface area contributed by atoms with Crippen LogP contribution in [0.1, 0.15) is 62.2 Å². The van der Waals surface area contributed by atoms with Gasteiger partial charge >= 0.3 is 5.76 Å². The van der Waals surface area contributed by atoms with E-state index in [1.54, 1.807) is 0 Å². The van der Waals surface area contributed by atoms with E-state index in [0.717, 1.165) is 45.2 Å². The number of carbonyl (C=O) groups is 2. The van der Waals surface area contributed by atoms with Gasteiger partial charge in [-0.15, -0.1) is 5.10 Å². The van der Waals surface area contributed by atoms with Crippen LogP contribution in [0.15, 0.2) is 39.5 Å². The van der Waals surface area contributed by atoms with Crippen molar-refractivity contribution in [3.8, 4) is 0 Å². The van der Waals surface area contributed by atoms with E-state index in [2.05, 4.69) is 32.5 Å². The van der Waals surface area contributed by atoms with Gasteiger partial charge in [0.05, 0.1) is 12.1 Å². The fourth-order valence-corrected chi connectivity index (χ4v) is 4.14. The minimum atomic E-state index is -0.783. The molecule has 0 spiro atoms. The summed E-state index contributed by atoms with van der Waals surface area (Å²) in [6.45, 7) is 5.67. The summed E-state index contributed by atoms with van der Waals surface area (Å²) in [6.07, 6.45) is 5.23. The lowest BCUT2D eigenvalue weighted by atomic mass is 9.97. The van der Waals surface area contributed by atoms with Gasteiger partial charge in [-0.2, -0.15) is 0 Å². The molecule has 8 heteroatoms. The van der Waals surface area contributed by atoms with Crippen LogP contribution in [-0.4, -0.2) is 52.0 Å². The predicted molar refractivity (Wildman–Crippen MR) is 117 cm³/mol. The number of ketones is 1. The number of aromatic amines is 1. The number of hydrogen-bond donors (Lipinski definition) is 2. The maximum absolute atomic E-state index is 13.1. The molecule has 1 aromatic heterocycles. The topological polar surface area (TPSA) is 108 Å². The molecular formula is C23H32N4O4. The van der Waals surface area contributed by atoms with Crippen LogP contribution < -0.4 is 11.1 Å². The number of aryl methyl sites for hydroxylation is 1. The third-order valence-corrected chi connectivity index (χ3v) is 5.66. The van der Waals surface area contributed by atoms with Gasteiger partial charge in [0.25, 0.3) is 5.89 Å². The second kappa shape index (κ2) is 11.0. The Bertz CT molecular complexity index is 906. The first-order valence-corrected chi connectivity index (χ1v) is 11.1. The molecule has 1 aliphatic heterocycles. The molecule has 2 atom stereocenters. The van der Waals surface area contributed by atoms with Crippen molar-refractivity contribution in [2.24, 2.45) is 5.92 Å². The molecule has 0 radical (unpaired) electrons. The lowest BCUT2D eigenvalue weighted by molar-refractivity contribution is -0.128. The molecule has 1 aromatic carbocycles. The van der Waals surface area contributed by atoms with Crippen molar-refractivity contribution in [1.29, 1.82) is 0 Å². The van der Waals surface area contributed by atoms with Crippen molar-refractivity contribution < 1.29 is 14.0 Å². The lowest BCUT2D eigenvalue weighted by Gasteiger charge is -2.35. The van der Waals surface area contributed by atoms with Crippen LogP contribution in [0.4, 0.5) is 0 Å². The average molecular weight is 429 g/mol. The van der Waals surface area contributed by atoms with Gasteiger partial charge in [0.2, 0.25) is 11.7 Å². The second-order valence-corrected chi connectivity index (χ2v) is 8.61. The highest BCUT2D eigenvalue weighted by Crippen LogP contribution is 2.19. The number of carbonyl (C=O) groups excluding carboxylic acids is 2. The Morgan fingerprint density at radius 1 is 1.26 bits per heavy atom. The number of Topliss-reactive ketones (excluding diaryl/α,β-unsaturated/α-hetero) is 1. The van der Waals surface area contributed by atoms with E-state index in [1.165, 1.54) is 5.56 Å². The molecule has 3 rings (SSSR count). The number of rotatable bonds is 10. The summed E-state index contributed by atoms with van der Waals surface area (Å²) in [4.78, 5) is 39.4. The predicted octanol–water partition coefficient (Wildman–Crippen LogP) is 2.56. The van der Waals surface area contributed by atoms with E-state index in [1.807, 2.05) is 32.0 Å². The summed E-state index contributed by atoms with van der Waals surface area (Å²) in [5.74, 6) is -1.52. The first kappa shape index (κ1) is 22.9. The van der Waals surface area contributed by atoms with Crippen molar-refractivity contribution in [2.45, 2.75) is 64.5 Å². The van der Waals surface area contributed by atoms with E-state index in [-0.39, 0.29) is 23.8 Å². The number of amides is 1. The van der Waals surface area contributed by atoms with Crippen LogP contribution in [0.3, 0.4) is 0 Å². The molecule has 2 aromatic rings. The zero-order valence-corrected chi connectivity index (χ0v) is 18.3. The molecule has 0 unspecified atom stereocenters. The SMILES string of the molecule is CC(C)C[C@H](NC(=O)[C@@H]1CCCCN1CCCc1ccccc1)C(=O)c1n[nH]c(=O)o1. The van der Waals surface area contributed by atoms with Gasteiger partial charge in [0.15, 0.2) is 0 Å².